The fourth-order valence-corrected chi connectivity index (χ4v) is 1.96. The van der Waals surface area contributed by atoms with Gasteiger partial charge in [-0.25, -0.2) is 8.78 Å². The van der Waals surface area contributed by atoms with Gasteiger partial charge in [0, 0.05) is 11.6 Å². The Kier molecular flexibility index (Phi) is 4.08. The summed E-state index contributed by atoms with van der Waals surface area (Å²) >= 11 is 0. The van der Waals surface area contributed by atoms with E-state index in [1.807, 2.05) is 0 Å². The van der Waals surface area contributed by atoms with E-state index in [4.69, 9.17) is 14.2 Å². The first-order valence-corrected chi connectivity index (χ1v) is 5.86. The first-order chi connectivity index (χ1) is 9.60. The van der Waals surface area contributed by atoms with Crippen LogP contribution in [-0.4, -0.2) is 21.3 Å². The molecule has 0 heterocycles. The van der Waals surface area contributed by atoms with Crippen molar-refractivity contribution in [3.05, 3.63) is 42.0 Å². The zero-order valence-electron chi connectivity index (χ0n) is 11.4. The average Bonchev–Trinajstić information content (AvgIpc) is 2.45. The van der Waals surface area contributed by atoms with E-state index in [-0.39, 0.29) is 5.56 Å². The first-order valence-electron chi connectivity index (χ1n) is 5.86. The lowest BCUT2D eigenvalue weighted by Gasteiger charge is -2.14. The molecule has 0 aliphatic heterocycles. The zero-order chi connectivity index (χ0) is 14.7. The third-order valence-electron chi connectivity index (χ3n) is 2.91. The molecule has 0 aliphatic carbocycles. The summed E-state index contributed by atoms with van der Waals surface area (Å²) < 4.78 is 42.4. The Morgan fingerprint density at radius 1 is 0.800 bits per heavy atom. The van der Waals surface area contributed by atoms with Gasteiger partial charge in [-0.1, -0.05) is 0 Å². The SMILES string of the molecule is COc1cc(-c2ccc(F)cc2F)cc(OC)c1OC. The zero-order valence-corrected chi connectivity index (χ0v) is 11.4. The van der Waals surface area contributed by atoms with Gasteiger partial charge in [0.25, 0.3) is 0 Å². The molecule has 0 spiro atoms. The van der Waals surface area contributed by atoms with E-state index < -0.39 is 11.6 Å². The highest BCUT2D eigenvalue weighted by molar-refractivity contribution is 5.71. The summed E-state index contributed by atoms with van der Waals surface area (Å²) in [4.78, 5) is 0. The topological polar surface area (TPSA) is 27.7 Å². The second kappa shape index (κ2) is 5.77. The van der Waals surface area contributed by atoms with Crippen LogP contribution in [0.15, 0.2) is 30.3 Å². The molecule has 0 unspecified atom stereocenters. The molecule has 0 atom stereocenters. The number of hydrogen-bond donors (Lipinski definition) is 0. The predicted octanol–water partition coefficient (Wildman–Crippen LogP) is 3.66. The van der Waals surface area contributed by atoms with Gasteiger partial charge in [-0.3, -0.25) is 0 Å². The second-order valence-corrected chi connectivity index (χ2v) is 4.04. The van der Waals surface area contributed by atoms with Crippen LogP contribution in [0.3, 0.4) is 0 Å². The molecule has 106 valence electrons. The standard InChI is InChI=1S/C15H14F2O3/c1-18-13-6-9(7-14(19-2)15(13)20-3)11-5-4-10(16)8-12(11)17/h4-8H,1-3H3. The third-order valence-corrected chi connectivity index (χ3v) is 2.91. The van der Waals surface area contributed by atoms with E-state index in [0.717, 1.165) is 6.07 Å². The molecule has 0 aliphatic rings. The van der Waals surface area contributed by atoms with Gasteiger partial charge >= 0.3 is 0 Å². The molecule has 0 fully saturated rings. The summed E-state index contributed by atoms with van der Waals surface area (Å²) in [5, 5.41) is 0. The molecule has 0 bridgehead atoms. The van der Waals surface area contributed by atoms with Crippen molar-refractivity contribution in [1.82, 2.24) is 0 Å². The van der Waals surface area contributed by atoms with Crippen LogP contribution in [0.2, 0.25) is 0 Å². The maximum absolute atomic E-state index is 13.8. The third kappa shape index (κ3) is 2.52. The Balaban J connectivity index is 2.62. The fraction of sp³-hybridized carbons (Fsp3) is 0.200. The molecule has 0 saturated heterocycles. The van der Waals surface area contributed by atoms with E-state index >= 15 is 0 Å². The molecule has 2 rings (SSSR count). The largest absolute Gasteiger partial charge is 0.493 e. The number of hydrogen-bond acceptors (Lipinski definition) is 3. The summed E-state index contributed by atoms with van der Waals surface area (Å²) in [5.74, 6) is -0.0459. The summed E-state index contributed by atoms with van der Waals surface area (Å²) in [6.45, 7) is 0. The van der Waals surface area contributed by atoms with E-state index in [1.54, 1.807) is 12.1 Å². The fourth-order valence-electron chi connectivity index (χ4n) is 1.96. The van der Waals surface area contributed by atoms with Crippen LogP contribution in [0.1, 0.15) is 0 Å². The summed E-state index contributed by atoms with van der Waals surface area (Å²) in [7, 11) is 4.43. The van der Waals surface area contributed by atoms with Gasteiger partial charge in [0.15, 0.2) is 11.5 Å². The highest BCUT2D eigenvalue weighted by atomic mass is 19.1. The van der Waals surface area contributed by atoms with Gasteiger partial charge in [-0.2, -0.15) is 0 Å². The number of methoxy groups -OCH3 is 3. The normalized spacial score (nSPS) is 10.2. The van der Waals surface area contributed by atoms with Crippen LogP contribution in [0.5, 0.6) is 17.2 Å². The van der Waals surface area contributed by atoms with Crippen LogP contribution in [-0.2, 0) is 0 Å². The van der Waals surface area contributed by atoms with Crippen molar-refractivity contribution in [3.63, 3.8) is 0 Å². The number of halogens is 2. The van der Waals surface area contributed by atoms with Gasteiger partial charge in [-0.05, 0) is 29.8 Å². The first kappa shape index (κ1) is 14.1. The van der Waals surface area contributed by atoms with Gasteiger partial charge < -0.3 is 14.2 Å². The summed E-state index contributed by atoms with van der Waals surface area (Å²) in [6, 6.07) is 6.61. The minimum atomic E-state index is -0.653. The van der Waals surface area contributed by atoms with Crippen LogP contribution in [0, 0.1) is 11.6 Å². The molecule has 0 radical (unpaired) electrons. The van der Waals surface area contributed by atoms with Gasteiger partial charge in [0.2, 0.25) is 5.75 Å². The Morgan fingerprint density at radius 3 is 1.85 bits per heavy atom. The van der Waals surface area contributed by atoms with Crippen LogP contribution < -0.4 is 14.2 Å². The predicted molar refractivity (Wildman–Crippen MR) is 71.5 cm³/mol. The van der Waals surface area contributed by atoms with Gasteiger partial charge in [0.1, 0.15) is 11.6 Å². The minimum absolute atomic E-state index is 0.255. The van der Waals surface area contributed by atoms with Crippen molar-refractivity contribution in [2.45, 2.75) is 0 Å². The molecule has 0 aromatic heterocycles. The highest BCUT2D eigenvalue weighted by Crippen LogP contribution is 2.41. The Labute approximate surface area is 115 Å². The quantitative estimate of drug-likeness (QED) is 0.855. The van der Waals surface area contributed by atoms with Crippen LogP contribution >= 0.6 is 0 Å². The molecule has 0 amide bonds. The second-order valence-electron chi connectivity index (χ2n) is 4.04. The van der Waals surface area contributed by atoms with E-state index in [2.05, 4.69) is 0 Å². The van der Waals surface area contributed by atoms with Crippen molar-refractivity contribution in [2.75, 3.05) is 21.3 Å². The molecule has 2 aromatic carbocycles. The van der Waals surface area contributed by atoms with Crippen molar-refractivity contribution in [2.24, 2.45) is 0 Å². The highest BCUT2D eigenvalue weighted by Gasteiger charge is 2.16. The van der Waals surface area contributed by atoms with Crippen molar-refractivity contribution < 1.29 is 23.0 Å². The molecular weight excluding hydrogens is 266 g/mol. The summed E-state index contributed by atoms with van der Waals surface area (Å²) in [6.07, 6.45) is 0. The van der Waals surface area contributed by atoms with Gasteiger partial charge in [0.05, 0.1) is 21.3 Å². The lowest BCUT2D eigenvalue weighted by Crippen LogP contribution is -1.96. The molecular formula is C15H14F2O3. The lowest BCUT2D eigenvalue weighted by atomic mass is 10.0. The van der Waals surface area contributed by atoms with Crippen molar-refractivity contribution in [3.8, 4) is 28.4 Å². The average molecular weight is 280 g/mol. The number of rotatable bonds is 4. The van der Waals surface area contributed by atoms with E-state index in [1.165, 1.54) is 33.5 Å². The Morgan fingerprint density at radius 2 is 1.40 bits per heavy atom. The van der Waals surface area contributed by atoms with Gasteiger partial charge in [-0.15, -0.1) is 0 Å². The molecule has 20 heavy (non-hydrogen) atoms. The maximum atomic E-state index is 13.8. The number of ether oxygens (including phenoxy) is 3. The van der Waals surface area contributed by atoms with E-state index in [9.17, 15) is 8.78 Å². The molecule has 5 heteroatoms. The number of benzene rings is 2. The molecule has 0 saturated carbocycles. The maximum Gasteiger partial charge on any atom is 0.203 e. The smallest absolute Gasteiger partial charge is 0.203 e. The monoisotopic (exact) mass is 280 g/mol. The Bertz CT molecular complexity index is 602. The van der Waals surface area contributed by atoms with Crippen LogP contribution in [0.25, 0.3) is 11.1 Å². The molecule has 3 nitrogen and oxygen atoms in total. The molecule has 2 aromatic rings. The van der Waals surface area contributed by atoms with Crippen LogP contribution in [0.4, 0.5) is 8.78 Å². The minimum Gasteiger partial charge on any atom is -0.493 e. The van der Waals surface area contributed by atoms with Crippen molar-refractivity contribution >= 4 is 0 Å². The van der Waals surface area contributed by atoms with Crippen molar-refractivity contribution in [1.29, 1.82) is 0 Å². The Hall–Kier alpha value is -2.30. The molecule has 0 N–H and O–H groups in total. The lowest BCUT2D eigenvalue weighted by molar-refractivity contribution is 0.324. The van der Waals surface area contributed by atoms with E-state index in [0.29, 0.717) is 22.8 Å². The summed E-state index contributed by atoms with van der Waals surface area (Å²) in [5.41, 5.74) is 0.766.